The fourth-order valence-corrected chi connectivity index (χ4v) is 3.20. The molecule has 5 heteroatoms. The first-order chi connectivity index (χ1) is 13.0. The summed E-state index contributed by atoms with van der Waals surface area (Å²) in [5.74, 6) is -0.253. The number of ketones is 1. The molecule has 0 heterocycles. The van der Waals surface area contributed by atoms with Crippen LogP contribution in [0.3, 0.4) is 0 Å². The largest absolute Gasteiger partial charge is 0.322 e. The molecule has 3 rings (SSSR count). The molecule has 0 radical (unpaired) electrons. The van der Waals surface area contributed by atoms with Crippen LogP contribution in [0.5, 0.6) is 0 Å². The molecule has 0 saturated heterocycles. The van der Waals surface area contributed by atoms with Gasteiger partial charge in [-0.15, -0.1) is 11.8 Å². The molecule has 1 N–H and O–H groups in total. The minimum absolute atomic E-state index is 0.0775. The van der Waals surface area contributed by atoms with Gasteiger partial charge in [0.05, 0.1) is 5.75 Å². The number of Topliss-reactive ketones (excluding diaryl/α,β-unsaturated/α-hetero) is 1. The van der Waals surface area contributed by atoms with Crippen LogP contribution in [0.15, 0.2) is 77.7 Å². The molecule has 0 fully saturated rings. The number of rotatable bonds is 6. The van der Waals surface area contributed by atoms with Crippen LogP contribution in [0, 0.1) is 12.7 Å². The lowest BCUT2D eigenvalue weighted by Crippen LogP contribution is -2.11. The van der Waals surface area contributed by atoms with E-state index in [1.54, 1.807) is 12.1 Å². The minimum Gasteiger partial charge on any atom is -0.322 e. The minimum atomic E-state index is -0.381. The topological polar surface area (TPSA) is 46.2 Å². The van der Waals surface area contributed by atoms with Crippen molar-refractivity contribution in [2.75, 3.05) is 11.1 Å². The van der Waals surface area contributed by atoms with Gasteiger partial charge in [-0.25, -0.2) is 4.39 Å². The summed E-state index contributed by atoms with van der Waals surface area (Å²) in [6, 6.07) is 20.2. The number of benzene rings is 3. The molecule has 0 saturated carbocycles. The molecule has 0 aliphatic rings. The van der Waals surface area contributed by atoms with Crippen molar-refractivity contribution >= 4 is 29.1 Å². The average Bonchev–Trinajstić information content (AvgIpc) is 2.68. The van der Waals surface area contributed by atoms with Crippen LogP contribution in [0.4, 0.5) is 10.1 Å². The summed E-state index contributed by atoms with van der Waals surface area (Å²) in [7, 11) is 0. The highest BCUT2D eigenvalue weighted by atomic mass is 32.2. The zero-order valence-corrected chi connectivity index (χ0v) is 15.6. The smallest absolute Gasteiger partial charge is 0.255 e. The average molecular weight is 379 g/mol. The summed E-state index contributed by atoms with van der Waals surface area (Å²) in [5, 5.41) is 2.76. The van der Waals surface area contributed by atoms with Gasteiger partial charge in [0.25, 0.3) is 5.91 Å². The normalized spacial score (nSPS) is 10.4. The lowest BCUT2D eigenvalue weighted by molar-refractivity contribution is 0.101. The van der Waals surface area contributed by atoms with Crippen molar-refractivity contribution in [2.24, 2.45) is 0 Å². The molecular weight excluding hydrogens is 361 g/mol. The Labute approximate surface area is 161 Å². The number of hydrogen-bond acceptors (Lipinski definition) is 3. The van der Waals surface area contributed by atoms with Gasteiger partial charge >= 0.3 is 0 Å². The van der Waals surface area contributed by atoms with Gasteiger partial charge in [0.1, 0.15) is 5.82 Å². The number of thioether (sulfide) groups is 1. The van der Waals surface area contributed by atoms with Gasteiger partial charge in [-0.1, -0.05) is 29.8 Å². The van der Waals surface area contributed by atoms with Crippen molar-refractivity contribution in [1.29, 1.82) is 0 Å². The first kappa shape index (κ1) is 18.9. The van der Waals surface area contributed by atoms with Crippen molar-refractivity contribution in [1.82, 2.24) is 0 Å². The molecule has 0 unspecified atom stereocenters. The second-order valence-corrected chi connectivity index (χ2v) is 7.11. The van der Waals surface area contributed by atoms with Gasteiger partial charge in [-0.3, -0.25) is 9.59 Å². The molecule has 0 bridgehead atoms. The molecule has 27 heavy (non-hydrogen) atoms. The van der Waals surface area contributed by atoms with Gasteiger partial charge in [-0.2, -0.15) is 0 Å². The maximum atomic E-state index is 12.9. The highest BCUT2D eigenvalue weighted by molar-refractivity contribution is 8.00. The summed E-state index contributed by atoms with van der Waals surface area (Å²) >= 11 is 1.45. The molecule has 0 atom stereocenters. The van der Waals surface area contributed by atoms with Crippen molar-refractivity contribution in [3.63, 3.8) is 0 Å². The van der Waals surface area contributed by atoms with E-state index in [-0.39, 0.29) is 17.5 Å². The first-order valence-electron chi connectivity index (χ1n) is 8.41. The number of carbonyl (C=O) groups excluding carboxylic acids is 2. The predicted molar refractivity (Wildman–Crippen MR) is 107 cm³/mol. The van der Waals surface area contributed by atoms with E-state index >= 15 is 0 Å². The molecule has 0 spiro atoms. The molecule has 0 aromatic heterocycles. The Balaban J connectivity index is 1.55. The van der Waals surface area contributed by atoms with Gasteiger partial charge in [0.2, 0.25) is 0 Å². The summed E-state index contributed by atoms with van der Waals surface area (Å²) < 4.78 is 12.9. The molecule has 3 aromatic carbocycles. The Morgan fingerprint density at radius 3 is 2.07 bits per heavy atom. The third-order valence-corrected chi connectivity index (χ3v) is 4.97. The Morgan fingerprint density at radius 1 is 0.852 bits per heavy atom. The van der Waals surface area contributed by atoms with E-state index in [0.717, 1.165) is 10.5 Å². The van der Waals surface area contributed by atoms with E-state index in [2.05, 4.69) is 5.32 Å². The summed E-state index contributed by atoms with van der Waals surface area (Å²) in [5.41, 5.74) is 2.85. The number of carbonyl (C=O) groups is 2. The highest BCUT2D eigenvalue weighted by Gasteiger charge is 2.08. The molecule has 3 aromatic rings. The fraction of sp³-hybridized carbons (Fsp3) is 0.0909. The molecular formula is C22H18FNO2S. The monoisotopic (exact) mass is 379 g/mol. The van der Waals surface area contributed by atoms with E-state index in [4.69, 9.17) is 0 Å². The third-order valence-electron chi connectivity index (χ3n) is 3.96. The Hall–Kier alpha value is -2.92. The quantitative estimate of drug-likeness (QED) is 0.463. The Morgan fingerprint density at radius 2 is 1.44 bits per heavy atom. The van der Waals surface area contributed by atoms with Crippen molar-refractivity contribution in [3.05, 3.63) is 95.3 Å². The van der Waals surface area contributed by atoms with Crippen molar-refractivity contribution < 1.29 is 14.0 Å². The van der Waals surface area contributed by atoms with E-state index in [1.165, 1.54) is 36.0 Å². The number of nitrogens with one attached hydrogen (secondary N) is 1. The lowest BCUT2D eigenvalue weighted by Gasteiger charge is -2.07. The predicted octanol–water partition coefficient (Wildman–Crippen LogP) is 5.36. The molecule has 0 aliphatic heterocycles. The SMILES string of the molecule is Cc1ccc(C(=O)CSc2ccc(NC(=O)c3ccc(F)cc3)cc2)cc1. The molecule has 0 aliphatic carbocycles. The van der Waals surface area contributed by atoms with Gasteiger partial charge in [0.15, 0.2) is 5.78 Å². The second kappa shape index (κ2) is 8.64. The standard InChI is InChI=1S/C22H18FNO2S/c1-15-2-4-16(5-3-15)21(25)14-27-20-12-10-19(11-13-20)24-22(26)17-6-8-18(23)9-7-17/h2-13H,14H2,1H3,(H,24,26). The van der Waals surface area contributed by atoms with Crippen molar-refractivity contribution in [2.45, 2.75) is 11.8 Å². The van der Waals surface area contributed by atoms with Gasteiger partial charge < -0.3 is 5.32 Å². The third kappa shape index (κ3) is 5.28. The van der Waals surface area contributed by atoms with Crippen LogP contribution >= 0.6 is 11.8 Å². The lowest BCUT2D eigenvalue weighted by atomic mass is 10.1. The number of hydrogen-bond donors (Lipinski definition) is 1. The Kier molecular flexibility index (Phi) is 6.04. The summed E-state index contributed by atoms with van der Waals surface area (Å²) in [6.45, 7) is 1.99. The second-order valence-electron chi connectivity index (χ2n) is 6.06. The van der Waals surface area contributed by atoms with E-state index in [9.17, 15) is 14.0 Å². The summed E-state index contributed by atoms with van der Waals surface area (Å²) in [4.78, 5) is 25.3. The van der Waals surface area contributed by atoms with Crippen LogP contribution < -0.4 is 5.32 Å². The van der Waals surface area contributed by atoms with Crippen molar-refractivity contribution in [3.8, 4) is 0 Å². The zero-order valence-electron chi connectivity index (χ0n) is 14.7. The van der Waals surface area contributed by atoms with E-state index < -0.39 is 0 Å². The fourth-order valence-electron chi connectivity index (χ4n) is 2.41. The number of halogens is 1. The summed E-state index contributed by atoms with van der Waals surface area (Å²) in [6.07, 6.45) is 0. The number of anilines is 1. The van der Waals surface area contributed by atoms with Gasteiger partial charge in [-0.05, 0) is 55.5 Å². The molecule has 1 amide bonds. The first-order valence-corrected chi connectivity index (χ1v) is 9.39. The number of amides is 1. The van der Waals surface area contributed by atoms with Crippen LogP contribution in [0.2, 0.25) is 0 Å². The van der Waals surface area contributed by atoms with Crippen LogP contribution in [0.1, 0.15) is 26.3 Å². The molecule has 136 valence electrons. The maximum Gasteiger partial charge on any atom is 0.255 e. The maximum absolute atomic E-state index is 12.9. The number of aryl methyl sites for hydroxylation is 1. The highest BCUT2D eigenvalue weighted by Crippen LogP contribution is 2.22. The van der Waals surface area contributed by atoms with Gasteiger partial charge in [0, 0.05) is 21.7 Å². The van der Waals surface area contributed by atoms with E-state index in [0.29, 0.717) is 22.6 Å². The van der Waals surface area contributed by atoms with Crippen LogP contribution in [-0.2, 0) is 0 Å². The van der Waals surface area contributed by atoms with Crippen LogP contribution in [-0.4, -0.2) is 17.4 Å². The van der Waals surface area contributed by atoms with Crippen LogP contribution in [0.25, 0.3) is 0 Å². The molecule has 3 nitrogen and oxygen atoms in total. The Bertz CT molecular complexity index is 936. The zero-order chi connectivity index (χ0) is 19.2. The van der Waals surface area contributed by atoms with E-state index in [1.807, 2.05) is 43.3 Å².